The van der Waals surface area contributed by atoms with Gasteiger partial charge in [0.2, 0.25) is 5.95 Å². The van der Waals surface area contributed by atoms with Gasteiger partial charge in [-0.05, 0) is 37.2 Å². The molecule has 2 aromatic rings. The predicted octanol–water partition coefficient (Wildman–Crippen LogP) is 0.645. The van der Waals surface area contributed by atoms with Crippen molar-refractivity contribution in [1.82, 2.24) is 25.1 Å². The highest BCUT2D eigenvalue weighted by molar-refractivity contribution is 6.21. The molecule has 1 N–H and O–H groups in total. The van der Waals surface area contributed by atoms with E-state index < -0.39 is 0 Å². The number of carbonyl (C=O) groups is 3. The second-order valence-corrected chi connectivity index (χ2v) is 7.42. The molecule has 3 heterocycles. The number of nitrogens with zero attached hydrogens (tertiary/aromatic N) is 5. The monoisotopic (exact) mass is 408 g/mol. The highest BCUT2D eigenvalue weighted by Crippen LogP contribution is 2.22. The van der Waals surface area contributed by atoms with Gasteiger partial charge in [-0.3, -0.25) is 24.2 Å². The molecule has 1 saturated heterocycles. The Labute approximate surface area is 174 Å². The summed E-state index contributed by atoms with van der Waals surface area (Å²) in [5.41, 5.74) is 1.02. The van der Waals surface area contributed by atoms with Gasteiger partial charge in [-0.25, -0.2) is 9.97 Å². The van der Waals surface area contributed by atoms with E-state index in [1.807, 2.05) is 6.07 Å². The van der Waals surface area contributed by atoms with Crippen LogP contribution in [0.25, 0.3) is 0 Å². The van der Waals surface area contributed by atoms with E-state index >= 15 is 0 Å². The quantitative estimate of drug-likeness (QED) is 0.553. The number of fused-ring (bicyclic) bond motifs is 1. The smallest absolute Gasteiger partial charge is 0.261 e. The van der Waals surface area contributed by atoms with Crippen LogP contribution < -0.4 is 10.2 Å². The van der Waals surface area contributed by atoms with Crippen molar-refractivity contribution in [3.8, 4) is 0 Å². The Morgan fingerprint density at radius 1 is 1.03 bits per heavy atom. The minimum atomic E-state index is -0.371. The van der Waals surface area contributed by atoms with Gasteiger partial charge in [-0.15, -0.1) is 0 Å². The molecule has 0 unspecified atom stereocenters. The summed E-state index contributed by atoms with van der Waals surface area (Å²) in [4.78, 5) is 50.6. The second-order valence-electron chi connectivity index (χ2n) is 7.42. The molecule has 9 heteroatoms. The average Bonchev–Trinajstić information content (AvgIpc) is 3.01. The van der Waals surface area contributed by atoms with Crippen LogP contribution in [-0.2, 0) is 0 Å². The summed E-state index contributed by atoms with van der Waals surface area (Å²) in [5, 5.41) is 2.90. The molecule has 1 fully saturated rings. The minimum absolute atomic E-state index is 0.237. The molecule has 30 heavy (non-hydrogen) atoms. The van der Waals surface area contributed by atoms with E-state index in [0.29, 0.717) is 17.7 Å². The lowest BCUT2D eigenvalue weighted by Crippen LogP contribution is -2.47. The maximum atomic E-state index is 12.4. The lowest BCUT2D eigenvalue weighted by molar-refractivity contribution is 0.0693. The van der Waals surface area contributed by atoms with Crippen LogP contribution in [0.3, 0.4) is 0 Å². The van der Waals surface area contributed by atoms with E-state index in [-0.39, 0.29) is 23.3 Å². The van der Waals surface area contributed by atoms with Gasteiger partial charge in [0.05, 0.1) is 11.1 Å². The third-order valence-electron chi connectivity index (χ3n) is 5.50. The number of nitrogens with one attached hydrogen (secondary N) is 1. The van der Waals surface area contributed by atoms with Gasteiger partial charge in [0.15, 0.2) is 0 Å². The molecule has 1 aromatic carbocycles. The van der Waals surface area contributed by atoms with Crippen LogP contribution >= 0.6 is 0 Å². The van der Waals surface area contributed by atoms with E-state index in [1.54, 1.807) is 24.5 Å². The van der Waals surface area contributed by atoms with Crippen LogP contribution in [0.4, 0.5) is 5.95 Å². The van der Waals surface area contributed by atoms with Crippen molar-refractivity contribution in [1.29, 1.82) is 0 Å². The molecular formula is C21H24N6O3. The Bertz CT molecular complexity index is 956. The van der Waals surface area contributed by atoms with Crippen LogP contribution in [0.1, 0.15) is 37.5 Å². The first-order valence-electron chi connectivity index (χ1n) is 10.0. The molecule has 0 atom stereocenters. The van der Waals surface area contributed by atoms with Crippen LogP contribution in [0.2, 0.25) is 0 Å². The standard InChI is InChI=1S/C21H24N6O3/c1-25-19(29)16-5-4-15(14-17(16)20(25)30)18(28)22-8-3-9-26-10-12-27(13-11-26)21-23-6-2-7-24-21/h2,4-7,14H,3,8-13H2,1H3,(H,22,28). The Hall–Kier alpha value is -3.33. The number of aromatic nitrogens is 2. The van der Waals surface area contributed by atoms with Crippen molar-refractivity contribution in [2.75, 3.05) is 51.2 Å². The minimum Gasteiger partial charge on any atom is -0.352 e. The van der Waals surface area contributed by atoms with Crippen molar-refractivity contribution in [3.63, 3.8) is 0 Å². The Kier molecular flexibility index (Phi) is 5.71. The summed E-state index contributed by atoms with van der Waals surface area (Å²) in [6.07, 6.45) is 4.34. The number of amides is 3. The molecule has 0 spiro atoms. The van der Waals surface area contributed by atoms with E-state index in [0.717, 1.165) is 50.0 Å². The molecule has 0 saturated carbocycles. The number of hydrogen-bond donors (Lipinski definition) is 1. The normalized spacial score (nSPS) is 16.7. The Morgan fingerprint density at radius 3 is 2.47 bits per heavy atom. The number of hydrogen-bond acceptors (Lipinski definition) is 7. The van der Waals surface area contributed by atoms with Crippen LogP contribution in [0.5, 0.6) is 0 Å². The van der Waals surface area contributed by atoms with Gasteiger partial charge in [-0.1, -0.05) is 0 Å². The van der Waals surface area contributed by atoms with Crippen molar-refractivity contribution < 1.29 is 14.4 Å². The van der Waals surface area contributed by atoms with Crippen LogP contribution in [0, 0.1) is 0 Å². The first-order valence-corrected chi connectivity index (χ1v) is 10.0. The number of rotatable bonds is 6. The molecule has 0 aliphatic carbocycles. The lowest BCUT2D eigenvalue weighted by Gasteiger charge is -2.34. The van der Waals surface area contributed by atoms with E-state index in [2.05, 4.69) is 25.1 Å². The number of benzene rings is 1. The molecular weight excluding hydrogens is 384 g/mol. The van der Waals surface area contributed by atoms with Crippen molar-refractivity contribution in [2.45, 2.75) is 6.42 Å². The molecule has 9 nitrogen and oxygen atoms in total. The summed E-state index contributed by atoms with van der Waals surface area (Å²) in [7, 11) is 1.44. The summed E-state index contributed by atoms with van der Waals surface area (Å²) in [6, 6.07) is 6.44. The fourth-order valence-corrected chi connectivity index (χ4v) is 3.74. The van der Waals surface area contributed by atoms with Crippen molar-refractivity contribution >= 4 is 23.7 Å². The topological polar surface area (TPSA) is 98.7 Å². The zero-order valence-electron chi connectivity index (χ0n) is 16.9. The first-order chi connectivity index (χ1) is 14.5. The second kappa shape index (κ2) is 8.58. The third kappa shape index (κ3) is 4.02. The SMILES string of the molecule is CN1C(=O)c2ccc(C(=O)NCCCN3CCN(c4ncccn4)CC3)cc2C1=O. The number of imide groups is 1. The average molecular weight is 408 g/mol. The van der Waals surface area contributed by atoms with E-state index in [9.17, 15) is 14.4 Å². The van der Waals surface area contributed by atoms with Crippen molar-refractivity contribution in [2.24, 2.45) is 0 Å². The van der Waals surface area contributed by atoms with Gasteiger partial charge >= 0.3 is 0 Å². The number of piperazine rings is 1. The van der Waals surface area contributed by atoms with Crippen LogP contribution in [-0.4, -0.2) is 83.8 Å². The number of carbonyl (C=O) groups excluding carboxylic acids is 3. The van der Waals surface area contributed by atoms with Gasteiger partial charge in [0.1, 0.15) is 0 Å². The van der Waals surface area contributed by atoms with Crippen LogP contribution in [0.15, 0.2) is 36.7 Å². The highest BCUT2D eigenvalue weighted by Gasteiger charge is 2.33. The fourth-order valence-electron chi connectivity index (χ4n) is 3.74. The zero-order chi connectivity index (χ0) is 21.1. The molecule has 0 radical (unpaired) electrons. The Morgan fingerprint density at radius 2 is 1.73 bits per heavy atom. The van der Waals surface area contributed by atoms with Gasteiger partial charge in [0.25, 0.3) is 17.7 Å². The first kappa shape index (κ1) is 20.0. The largest absolute Gasteiger partial charge is 0.352 e. The maximum absolute atomic E-state index is 12.4. The van der Waals surface area contributed by atoms with Gasteiger partial charge in [0, 0.05) is 57.7 Å². The molecule has 2 aliphatic heterocycles. The molecule has 3 amide bonds. The molecule has 2 aliphatic rings. The molecule has 4 rings (SSSR count). The zero-order valence-corrected chi connectivity index (χ0v) is 16.9. The fraction of sp³-hybridized carbons (Fsp3) is 0.381. The van der Waals surface area contributed by atoms with Gasteiger partial charge < -0.3 is 10.2 Å². The summed E-state index contributed by atoms with van der Waals surface area (Å²) in [5.74, 6) is -0.172. The highest BCUT2D eigenvalue weighted by atomic mass is 16.2. The third-order valence-corrected chi connectivity index (χ3v) is 5.50. The Balaban J connectivity index is 1.21. The maximum Gasteiger partial charge on any atom is 0.261 e. The summed E-state index contributed by atoms with van der Waals surface area (Å²) < 4.78 is 0. The van der Waals surface area contributed by atoms with Gasteiger partial charge in [-0.2, -0.15) is 0 Å². The predicted molar refractivity (Wildman–Crippen MR) is 111 cm³/mol. The van der Waals surface area contributed by atoms with Crippen molar-refractivity contribution in [3.05, 3.63) is 53.3 Å². The molecule has 0 bridgehead atoms. The lowest BCUT2D eigenvalue weighted by atomic mass is 10.1. The number of anilines is 1. The molecule has 1 aromatic heterocycles. The van der Waals surface area contributed by atoms with E-state index in [4.69, 9.17) is 0 Å². The summed E-state index contributed by atoms with van der Waals surface area (Å²) in [6.45, 7) is 5.07. The summed E-state index contributed by atoms with van der Waals surface area (Å²) >= 11 is 0. The van der Waals surface area contributed by atoms with E-state index in [1.165, 1.54) is 13.1 Å². The molecule has 156 valence electrons.